The molecule has 0 amide bonds. The van der Waals surface area contributed by atoms with Crippen LogP contribution in [0.3, 0.4) is 0 Å². The van der Waals surface area contributed by atoms with Crippen LogP contribution in [0, 0.1) is 22.0 Å². The summed E-state index contributed by atoms with van der Waals surface area (Å²) in [5.41, 5.74) is 6.25. The number of nitrogens with zero attached hydrogens (tertiary/aromatic N) is 3. The molecule has 2 aliphatic carbocycles. The van der Waals surface area contributed by atoms with Crippen LogP contribution < -0.4 is 26.8 Å². The zero-order valence-corrected chi connectivity index (χ0v) is 31.6. The fourth-order valence-electron chi connectivity index (χ4n) is 8.90. The first-order valence-electron chi connectivity index (χ1n) is 18.1. The molecule has 3 saturated heterocycles. The standard InChI is InChI=1S/C32H60F2N8O5S2/c1-19-16-26(39-38-19)35-29-28(47-6)30(41-14-12-20(13-15-41)18-40(4)5)37-31(36-29)48-25-11-10-21(17-23(25)33)49(45,46)32(2,3)22-8-7-9-24(27(22)34)42(43)44/h19-31,35-39H,7-18H2,1-6H3. The number of halogens is 2. The summed E-state index contributed by atoms with van der Waals surface area (Å²) >= 11 is 1.46. The summed E-state index contributed by atoms with van der Waals surface area (Å²) in [4.78, 5) is 15.5. The van der Waals surface area contributed by atoms with Gasteiger partial charge >= 0.3 is 0 Å². The summed E-state index contributed by atoms with van der Waals surface area (Å²) in [6.07, 6.45) is 0.469. The molecule has 49 heavy (non-hydrogen) atoms. The Labute approximate surface area is 295 Å². The maximum Gasteiger partial charge on any atom is 0.244 e. The van der Waals surface area contributed by atoms with Gasteiger partial charge in [0, 0.05) is 55.3 Å². The van der Waals surface area contributed by atoms with Gasteiger partial charge in [0.2, 0.25) is 6.04 Å². The molecule has 284 valence electrons. The monoisotopic (exact) mass is 738 g/mol. The van der Waals surface area contributed by atoms with Gasteiger partial charge in [0.05, 0.1) is 28.5 Å². The first-order chi connectivity index (χ1) is 23.1. The van der Waals surface area contributed by atoms with Gasteiger partial charge < -0.3 is 9.64 Å². The second-order valence-electron chi connectivity index (χ2n) is 15.8. The third-order valence-corrected chi connectivity index (χ3v) is 16.3. The number of rotatable bonds is 12. The van der Waals surface area contributed by atoms with E-state index >= 15 is 8.78 Å². The summed E-state index contributed by atoms with van der Waals surface area (Å²) in [7, 11) is 1.94. The third kappa shape index (κ3) is 8.90. The Balaban J connectivity index is 1.25. The van der Waals surface area contributed by atoms with Crippen molar-refractivity contribution in [1.82, 2.24) is 36.6 Å². The van der Waals surface area contributed by atoms with Crippen molar-refractivity contribution in [3.63, 3.8) is 0 Å². The second kappa shape index (κ2) is 16.5. The summed E-state index contributed by atoms with van der Waals surface area (Å²) in [6.45, 7) is 7.98. The maximum atomic E-state index is 16.1. The van der Waals surface area contributed by atoms with Crippen LogP contribution >= 0.6 is 11.8 Å². The molecule has 0 bridgehead atoms. The van der Waals surface area contributed by atoms with E-state index in [9.17, 15) is 18.5 Å². The molecule has 0 aromatic heterocycles. The van der Waals surface area contributed by atoms with Gasteiger partial charge in [-0.15, -0.1) is 11.8 Å². The number of thioether (sulfide) groups is 1. The van der Waals surface area contributed by atoms with Gasteiger partial charge in [0.25, 0.3) is 0 Å². The number of nitrogens with one attached hydrogen (secondary N) is 5. The lowest BCUT2D eigenvalue weighted by molar-refractivity contribution is -0.536. The van der Waals surface area contributed by atoms with Gasteiger partial charge in [-0.05, 0) is 92.2 Å². The Kier molecular flexibility index (Phi) is 13.3. The van der Waals surface area contributed by atoms with E-state index in [0.717, 1.165) is 38.9 Å². The summed E-state index contributed by atoms with van der Waals surface area (Å²) in [6, 6.07) is -1.10. The van der Waals surface area contributed by atoms with Crippen LogP contribution in [0.15, 0.2) is 0 Å². The Morgan fingerprint density at radius 1 is 1.06 bits per heavy atom. The van der Waals surface area contributed by atoms with E-state index in [4.69, 9.17) is 4.74 Å². The number of hydrazine groups is 1. The van der Waals surface area contributed by atoms with Crippen LogP contribution in [0.2, 0.25) is 0 Å². The molecule has 12 atom stereocenters. The Morgan fingerprint density at radius 3 is 2.37 bits per heavy atom. The first-order valence-corrected chi connectivity index (χ1v) is 20.6. The number of likely N-dealkylation sites (tertiary alicyclic amines) is 1. The second-order valence-corrected chi connectivity index (χ2v) is 20.0. The topological polar surface area (TPSA) is 153 Å². The first kappa shape index (κ1) is 39.4. The average Bonchev–Trinajstić information content (AvgIpc) is 3.45. The van der Waals surface area contributed by atoms with Gasteiger partial charge in [-0.1, -0.05) is 0 Å². The quantitative estimate of drug-likeness (QED) is 0.147. The van der Waals surface area contributed by atoms with Crippen molar-refractivity contribution in [2.24, 2.45) is 11.8 Å². The fourth-order valence-corrected chi connectivity index (χ4v) is 12.7. The molecule has 5 fully saturated rings. The van der Waals surface area contributed by atoms with Crippen molar-refractivity contribution in [2.45, 2.75) is 148 Å². The van der Waals surface area contributed by atoms with Crippen LogP contribution in [-0.2, 0) is 14.6 Å². The van der Waals surface area contributed by atoms with Crippen molar-refractivity contribution in [2.75, 3.05) is 40.8 Å². The predicted octanol–water partition coefficient (Wildman–Crippen LogP) is 2.18. The van der Waals surface area contributed by atoms with Crippen LogP contribution in [0.4, 0.5) is 8.78 Å². The zero-order chi connectivity index (χ0) is 35.7. The van der Waals surface area contributed by atoms with E-state index in [-0.39, 0.29) is 55.8 Å². The van der Waals surface area contributed by atoms with Crippen molar-refractivity contribution in [1.29, 1.82) is 0 Å². The van der Waals surface area contributed by atoms with E-state index in [1.807, 2.05) is 0 Å². The number of piperidine rings is 1. The molecular weight excluding hydrogens is 679 g/mol. The van der Waals surface area contributed by atoms with Crippen molar-refractivity contribution < 1.29 is 26.9 Å². The van der Waals surface area contributed by atoms with Gasteiger partial charge in [-0.3, -0.25) is 36.4 Å². The summed E-state index contributed by atoms with van der Waals surface area (Å²) in [5, 5.41) is 21.1. The molecule has 17 heteroatoms. The molecule has 5 N–H and O–H groups in total. The lowest BCUT2D eigenvalue weighted by Gasteiger charge is -2.50. The molecule has 0 spiro atoms. The Morgan fingerprint density at radius 2 is 1.78 bits per heavy atom. The van der Waals surface area contributed by atoms with E-state index in [2.05, 4.69) is 57.6 Å². The normalized spacial score (nSPS) is 40.5. The lowest BCUT2D eigenvalue weighted by atomic mass is 9.77. The number of hydrogen-bond donors (Lipinski definition) is 5. The van der Waals surface area contributed by atoms with Crippen LogP contribution in [0.5, 0.6) is 0 Å². The third-order valence-electron chi connectivity index (χ3n) is 11.8. The molecule has 5 rings (SSSR count). The number of nitro groups is 1. The summed E-state index contributed by atoms with van der Waals surface area (Å²) < 4.78 is 64.1. The molecule has 2 saturated carbocycles. The zero-order valence-electron chi connectivity index (χ0n) is 29.9. The van der Waals surface area contributed by atoms with Crippen LogP contribution in [0.1, 0.15) is 78.6 Å². The lowest BCUT2D eigenvalue weighted by Crippen LogP contribution is -2.75. The van der Waals surface area contributed by atoms with Gasteiger partial charge in [-0.2, -0.15) is 0 Å². The highest BCUT2D eigenvalue weighted by Gasteiger charge is 2.55. The fraction of sp³-hybridized carbons (Fsp3) is 1.00. The van der Waals surface area contributed by atoms with E-state index in [0.29, 0.717) is 24.8 Å². The van der Waals surface area contributed by atoms with Gasteiger partial charge in [-0.25, -0.2) is 22.6 Å². The predicted molar refractivity (Wildman–Crippen MR) is 188 cm³/mol. The van der Waals surface area contributed by atoms with E-state index in [1.54, 1.807) is 7.11 Å². The SMILES string of the molecule is COC1C(NC2CC(C)NN2)NC(SC2CCC(S(=O)(=O)C(C)(C)C3CCCC([N+](=O)[O-])C3F)CC2F)NC1N1CCC(CN(C)C)CC1. The van der Waals surface area contributed by atoms with E-state index < -0.39 is 54.3 Å². The Hall–Kier alpha value is -0.760. The molecular formula is C32H60F2N8O5S2. The molecule has 3 heterocycles. The minimum absolute atomic E-state index is 0.0204. The van der Waals surface area contributed by atoms with E-state index in [1.165, 1.54) is 25.6 Å². The number of hydrogen-bond acceptors (Lipinski definition) is 13. The molecule has 3 aliphatic heterocycles. The van der Waals surface area contributed by atoms with Crippen molar-refractivity contribution in [3.05, 3.63) is 10.1 Å². The molecule has 0 aromatic rings. The Bertz CT molecular complexity index is 1220. The van der Waals surface area contributed by atoms with Crippen molar-refractivity contribution >= 4 is 21.6 Å². The van der Waals surface area contributed by atoms with Crippen LogP contribution in [0.25, 0.3) is 0 Å². The van der Waals surface area contributed by atoms with Gasteiger partial charge in [0.1, 0.15) is 17.8 Å². The number of methoxy groups -OCH3 is 1. The van der Waals surface area contributed by atoms with Crippen molar-refractivity contribution in [3.8, 4) is 0 Å². The number of sulfone groups is 1. The number of ether oxygens (including phenoxy) is 1. The highest BCUT2D eigenvalue weighted by Crippen LogP contribution is 2.45. The molecule has 0 aromatic carbocycles. The highest BCUT2D eigenvalue weighted by molar-refractivity contribution is 8.00. The molecule has 12 unspecified atom stereocenters. The average molecular weight is 739 g/mol. The summed E-state index contributed by atoms with van der Waals surface area (Å²) in [5.74, 6) is -0.367. The molecule has 13 nitrogen and oxygen atoms in total. The number of alkyl halides is 2. The minimum Gasteiger partial charge on any atom is -0.375 e. The minimum atomic E-state index is -4.00. The smallest absolute Gasteiger partial charge is 0.244 e. The molecule has 5 aliphatic rings. The highest BCUT2D eigenvalue weighted by atomic mass is 32.2. The van der Waals surface area contributed by atoms with Gasteiger partial charge in [0.15, 0.2) is 16.0 Å². The molecule has 0 radical (unpaired) electrons. The maximum absolute atomic E-state index is 16.1. The van der Waals surface area contributed by atoms with Crippen LogP contribution in [-0.4, -0.2) is 134 Å². The largest absolute Gasteiger partial charge is 0.375 e.